The van der Waals surface area contributed by atoms with Crippen molar-refractivity contribution in [1.82, 2.24) is 5.32 Å². The lowest BCUT2D eigenvalue weighted by Gasteiger charge is -2.19. The average Bonchev–Trinajstić information content (AvgIpc) is 2.49. The molecule has 4 unspecified atom stereocenters. The van der Waals surface area contributed by atoms with E-state index in [9.17, 15) is 4.79 Å². The predicted octanol–water partition coefficient (Wildman–Crippen LogP) is 2.09. The summed E-state index contributed by atoms with van der Waals surface area (Å²) in [6.45, 7) is 6.88. The third-order valence-electron chi connectivity index (χ3n) is 2.71. The first-order valence-corrected chi connectivity index (χ1v) is 6.48. The van der Waals surface area contributed by atoms with E-state index in [-0.39, 0.29) is 18.1 Å². The Hall–Kier alpha value is -0.0900. The molecule has 88 valence electrons. The summed E-state index contributed by atoms with van der Waals surface area (Å²) in [4.78, 5) is 12.2. The summed E-state index contributed by atoms with van der Waals surface area (Å²) in [6, 6.07) is 0.197. The van der Waals surface area contributed by atoms with Gasteiger partial charge in [0.1, 0.15) is 6.10 Å². The molecule has 0 aromatic heterocycles. The average molecular weight is 278 g/mol. The van der Waals surface area contributed by atoms with Gasteiger partial charge in [-0.3, -0.25) is 4.79 Å². The molecule has 1 heterocycles. The first-order chi connectivity index (χ1) is 7.00. The molecule has 0 aliphatic carbocycles. The molecule has 1 amide bonds. The van der Waals surface area contributed by atoms with Gasteiger partial charge in [0.2, 0.25) is 5.91 Å². The second-order valence-corrected chi connectivity index (χ2v) is 6.05. The third-order valence-corrected chi connectivity index (χ3v) is 3.09. The van der Waals surface area contributed by atoms with Gasteiger partial charge in [0, 0.05) is 17.5 Å². The molecule has 15 heavy (non-hydrogen) atoms. The molecule has 1 fully saturated rings. The van der Waals surface area contributed by atoms with E-state index in [1.807, 2.05) is 6.92 Å². The van der Waals surface area contributed by atoms with Crippen LogP contribution in [0.2, 0.25) is 0 Å². The van der Waals surface area contributed by atoms with Crippen LogP contribution in [0.5, 0.6) is 0 Å². The number of amides is 1. The minimum atomic E-state index is -0.238. The topological polar surface area (TPSA) is 38.3 Å². The smallest absolute Gasteiger partial charge is 0.249 e. The Balaban J connectivity index is 2.34. The maximum Gasteiger partial charge on any atom is 0.249 e. The number of alkyl halides is 1. The Morgan fingerprint density at radius 3 is 2.73 bits per heavy atom. The number of ether oxygens (including phenoxy) is 1. The number of halogens is 1. The van der Waals surface area contributed by atoms with Gasteiger partial charge >= 0.3 is 0 Å². The van der Waals surface area contributed by atoms with Gasteiger partial charge in [0.25, 0.3) is 0 Å². The molecule has 1 N–H and O–H groups in total. The van der Waals surface area contributed by atoms with Gasteiger partial charge < -0.3 is 10.1 Å². The number of carbonyl (C=O) groups is 1. The first kappa shape index (κ1) is 13.0. The Kier molecular flexibility index (Phi) is 5.06. The van der Waals surface area contributed by atoms with Crippen molar-refractivity contribution >= 4 is 21.8 Å². The summed E-state index contributed by atoms with van der Waals surface area (Å²) < 4.78 is 5.41. The maximum absolute atomic E-state index is 11.8. The Labute approximate surface area is 100 Å². The van der Waals surface area contributed by atoms with Crippen LogP contribution >= 0.6 is 15.9 Å². The van der Waals surface area contributed by atoms with E-state index in [2.05, 4.69) is 35.1 Å². The van der Waals surface area contributed by atoms with Crippen LogP contribution in [0.4, 0.5) is 0 Å². The Morgan fingerprint density at radius 2 is 2.27 bits per heavy atom. The number of nitrogens with one attached hydrogen (secondary N) is 1. The van der Waals surface area contributed by atoms with Crippen molar-refractivity contribution in [2.75, 3.05) is 6.61 Å². The highest BCUT2D eigenvalue weighted by Gasteiger charge is 2.31. The Morgan fingerprint density at radius 1 is 1.60 bits per heavy atom. The van der Waals surface area contributed by atoms with Crippen LogP contribution in [0.15, 0.2) is 0 Å². The van der Waals surface area contributed by atoms with Gasteiger partial charge in [-0.1, -0.05) is 29.8 Å². The van der Waals surface area contributed by atoms with E-state index in [1.54, 1.807) is 0 Å². The van der Waals surface area contributed by atoms with Crippen LogP contribution < -0.4 is 5.32 Å². The highest BCUT2D eigenvalue weighted by atomic mass is 79.9. The molecule has 0 aromatic rings. The molecule has 0 saturated carbocycles. The molecule has 1 saturated heterocycles. The highest BCUT2D eigenvalue weighted by Crippen LogP contribution is 2.20. The van der Waals surface area contributed by atoms with Gasteiger partial charge in [-0.25, -0.2) is 0 Å². The van der Waals surface area contributed by atoms with Crippen molar-refractivity contribution in [2.24, 2.45) is 5.92 Å². The van der Waals surface area contributed by atoms with Gasteiger partial charge in [-0.05, 0) is 25.7 Å². The van der Waals surface area contributed by atoms with E-state index < -0.39 is 0 Å². The van der Waals surface area contributed by atoms with Crippen molar-refractivity contribution in [1.29, 1.82) is 0 Å². The van der Waals surface area contributed by atoms with Crippen LogP contribution in [0.25, 0.3) is 0 Å². The molecule has 1 rings (SSSR count). The zero-order valence-electron chi connectivity index (χ0n) is 9.63. The van der Waals surface area contributed by atoms with Crippen molar-refractivity contribution in [2.45, 2.75) is 50.6 Å². The fourth-order valence-electron chi connectivity index (χ4n) is 1.90. The number of hydrogen-bond donors (Lipinski definition) is 1. The largest absolute Gasteiger partial charge is 0.368 e. The molecule has 3 nitrogen and oxygen atoms in total. The van der Waals surface area contributed by atoms with E-state index >= 15 is 0 Å². The highest BCUT2D eigenvalue weighted by molar-refractivity contribution is 9.09. The summed E-state index contributed by atoms with van der Waals surface area (Å²) in [5.41, 5.74) is 0. The summed E-state index contributed by atoms with van der Waals surface area (Å²) in [7, 11) is 0. The number of rotatable bonds is 4. The van der Waals surface area contributed by atoms with E-state index in [1.165, 1.54) is 0 Å². The lowest BCUT2D eigenvalue weighted by molar-refractivity contribution is -0.132. The molecule has 4 atom stereocenters. The quantitative estimate of drug-likeness (QED) is 0.800. The molecular formula is C11H20BrNO2. The van der Waals surface area contributed by atoms with Crippen LogP contribution in [0.3, 0.4) is 0 Å². The van der Waals surface area contributed by atoms with Crippen LogP contribution in [-0.2, 0) is 9.53 Å². The summed E-state index contributed by atoms with van der Waals surface area (Å²) >= 11 is 3.48. The number of carbonyl (C=O) groups excluding carboxylic acids is 1. The molecule has 0 radical (unpaired) electrons. The monoisotopic (exact) mass is 277 g/mol. The summed E-state index contributed by atoms with van der Waals surface area (Å²) in [6.07, 6.45) is 1.69. The SMILES string of the molecule is CC(Br)CC(C)NC(=O)C1OCCC1C. The zero-order valence-corrected chi connectivity index (χ0v) is 11.2. The zero-order chi connectivity index (χ0) is 11.4. The van der Waals surface area contributed by atoms with Crippen molar-refractivity contribution in [3.05, 3.63) is 0 Å². The fourth-order valence-corrected chi connectivity index (χ4v) is 2.46. The van der Waals surface area contributed by atoms with Gasteiger partial charge in [0.15, 0.2) is 0 Å². The second-order valence-electron chi connectivity index (χ2n) is 4.48. The molecule has 0 bridgehead atoms. The van der Waals surface area contributed by atoms with E-state index in [0.29, 0.717) is 17.4 Å². The van der Waals surface area contributed by atoms with Crippen LogP contribution in [-0.4, -0.2) is 29.5 Å². The summed E-state index contributed by atoms with van der Waals surface area (Å²) in [5, 5.41) is 2.99. The van der Waals surface area contributed by atoms with E-state index in [4.69, 9.17) is 4.74 Å². The molecule has 0 aromatic carbocycles. The predicted molar refractivity (Wildman–Crippen MR) is 64.1 cm³/mol. The minimum absolute atomic E-state index is 0.0423. The molecule has 0 spiro atoms. The minimum Gasteiger partial charge on any atom is -0.368 e. The lowest BCUT2D eigenvalue weighted by atomic mass is 10.0. The van der Waals surface area contributed by atoms with Crippen molar-refractivity contribution in [3.63, 3.8) is 0 Å². The van der Waals surface area contributed by atoms with Crippen LogP contribution in [0.1, 0.15) is 33.6 Å². The van der Waals surface area contributed by atoms with Crippen molar-refractivity contribution in [3.8, 4) is 0 Å². The second kappa shape index (κ2) is 5.85. The fraction of sp³-hybridized carbons (Fsp3) is 0.909. The molecule has 1 aliphatic rings. The maximum atomic E-state index is 11.8. The Bertz CT molecular complexity index is 221. The van der Waals surface area contributed by atoms with Gasteiger partial charge in [0.05, 0.1) is 0 Å². The molecular weight excluding hydrogens is 258 g/mol. The van der Waals surface area contributed by atoms with Crippen LogP contribution in [0, 0.1) is 5.92 Å². The molecule has 4 heteroatoms. The molecule has 1 aliphatic heterocycles. The number of hydrogen-bond acceptors (Lipinski definition) is 2. The van der Waals surface area contributed by atoms with E-state index in [0.717, 1.165) is 12.8 Å². The van der Waals surface area contributed by atoms with Gasteiger partial charge in [-0.2, -0.15) is 0 Å². The normalized spacial score (nSPS) is 29.9. The van der Waals surface area contributed by atoms with Gasteiger partial charge in [-0.15, -0.1) is 0 Å². The standard InChI is InChI=1S/C11H20BrNO2/c1-7-4-5-15-10(7)11(14)13-9(3)6-8(2)12/h7-10H,4-6H2,1-3H3,(H,13,14). The third kappa shape index (κ3) is 4.11. The summed E-state index contributed by atoms with van der Waals surface area (Å²) in [5.74, 6) is 0.388. The lowest BCUT2D eigenvalue weighted by Crippen LogP contribution is -2.42. The van der Waals surface area contributed by atoms with Crippen molar-refractivity contribution < 1.29 is 9.53 Å². The first-order valence-electron chi connectivity index (χ1n) is 5.56.